The van der Waals surface area contributed by atoms with E-state index in [1.165, 1.54) is 16.7 Å². The van der Waals surface area contributed by atoms with Crippen molar-refractivity contribution < 1.29 is 4.79 Å². The lowest BCUT2D eigenvalue weighted by Crippen LogP contribution is -2.42. The molecule has 2 aromatic rings. The highest BCUT2D eigenvalue weighted by molar-refractivity contribution is 5.80. The highest BCUT2D eigenvalue weighted by atomic mass is 16.1. The van der Waals surface area contributed by atoms with Crippen molar-refractivity contribution >= 4 is 11.9 Å². The normalized spacial score (nSPS) is 18.0. The van der Waals surface area contributed by atoms with Gasteiger partial charge in [0.2, 0.25) is 5.91 Å². The molecule has 1 fully saturated rings. The minimum atomic E-state index is -0.177. The fourth-order valence-electron chi connectivity index (χ4n) is 4.34. The van der Waals surface area contributed by atoms with Gasteiger partial charge < -0.3 is 16.4 Å². The number of aryl methyl sites for hydroxylation is 1. The van der Waals surface area contributed by atoms with Gasteiger partial charge in [-0.15, -0.1) is 0 Å². The lowest BCUT2D eigenvalue weighted by Gasteiger charge is -2.31. The van der Waals surface area contributed by atoms with Gasteiger partial charge in [0.25, 0.3) is 0 Å². The Labute approximate surface area is 198 Å². The topological polar surface area (TPSA) is 82.8 Å². The van der Waals surface area contributed by atoms with E-state index in [1.54, 1.807) is 0 Å². The molecule has 33 heavy (non-hydrogen) atoms. The Morgan fingerprint density at radius 3 is 2.67 bits per heavy atom. The molecule has 178 valence electrons. The standard InChI is InChI=1S/C27H39N5O/c1-3-29-27(31-21(2)14-15-22-9-5-4-6-10-22)30-18-23-11-7-12-24(17-23)19-32-16-8-13-25(20-32)26(28)33/h4-7,9-12,17,21,25H,3,8,13-16,18-20H2,1-2H3,(H2,28,33)(H2,29,30,31). The Kier molecular flexibility index (Phi) is 9.76. The zero-order valence-electron chi connectivity index (χ0n) is 20.1. The van der Waals surface area contributed by atoms with Gasteiger partial charge in [0.05, 0.1) is 12.5 Å². The quantitative estimate of drug-likeness (QED) is 0.383. The highest BCUT2D eigenvalue weighted by Gasteiger charge is 2.23. The fraction of sp³-hybridized carbons (Fsp3) is 0.481. The molecule has 0 spiro atoms. The van der Waals surface area contributed by atoms with Crippen LogP contribution in [0.4, 0.5) is 0 Å². The first kappa shape index (κ1) is 24.8. The number of hydrogen-bond donors (Lipinski definition) is 3. The predicted octanol–water partition coefficient (Wildman–Crippen LogP) is 3.46. The summed E-state index contributed by atoms with van der Waals surface area (Å²) in [6.45, 7) is 8.36. The van der Waals surface area contributed by atoms with Crippen LogP contribution in [-0.4, -0.2) is 42.4 Å². The molecule has 2 aromatic carbocycles. The van der Waals surface area contributed by atoms with Gasteiger partial charge in [-0.1, -0.05) is 54.6 Å². The Hall–Kier alpha value is -2.86. The van der Waals surface area contributed by atoms with Crippen LogP contribution >= 0.6 is 0 Å². The maximum absolute atomic E-state index is 11.6. The Morgan fingerprint density at radius 2 is 1.91 bits per heavy atom. The van der Waals surface area contributed by atoms with Gasteiger partial charge in [-0.3, -0.25) is 9.69 Å². The zero-order valence-corrected chi connectivity index (χ0v) is 20.1. The molecule has 1 aliphatic rings. The predicted molar refractivity (Wildman–Crippen MR) is 136 cm³/mol. The summed E-state index contributed by atoms with van der Waals surface area (Å²) in [4.78, 5) is 18.7. The number of rotatable bonds is 10. The molecule has 1 amide bonds. The molecular weight excluding hydrogens is 410 g/mol. The SMILES string of the molecule is CCNC(=NCc1cccc(CN2CCCC(C(N)=O)C2)c1)NC(C)CCc1ccccc1. The van der Waals surface area contributed by atoms with Crippen LogP contribution in [0.3, 0.4) is 0 Å². The summed E-state index contributed by atoms with van der Waals surface area (Å²) in [5, 5.41) is 6.91. The van der Waals surface area contributed by atoms with E-state index in [1.807, 2.05) is 0 Å². The highest BCUT2D eigenvalue weighted by Crippen LogP contribution is 2.19. The summed E-state index contributed by atoms with van der Waals surface area (Å²) in [7, 11) is 0. The average molecular weight is 450 g/mol. The summed E-state index contributed by atoms with van der Waals surface area (Å²) in [5.41, 5.74) is 9.33. The smallest absolute Gasteiger partial charge is 0.221 e. The van der Waals surface area contributed by atoms with E-state index in [-0.39, 0.29) is 11.8 Å². The summed E-state index contributed by atoms with van der Waals surface area (Å²) in [6.07, 6.45) is 4.03. The van der Waals surface area contributed by atoms with Crippen LogP contribution < -0.4 is 16.4 Å². The third-order valence-electron chi connectivity index (χ3n) is 6.16. The number of likely N-dealkylation sites (tertiary alicyclic amines) is 1. The van der Waals surface area contributed by atoms with Crippen LogP contribution in [0.5, 0.6) is 0 Å². The van der Waals surface area contributed by atoms with Crippen molar-refractivity contribution in [3.05, 3.63) is 71.3 Å². The van der Waals surface area contributed by atoms with E-state index in [4.69, 9.17) is 10.7 Å². The van der Waals surface area contributed by atoms with Gasteiger partial charge in [-0.25, -0.2) is 4.99 Å². The van der Waals surface area contributed by atoms with Crippen molar-refractivity contribution in [1.29, 1.82) is 0 Å². The molecule has 1 heterocycles. The van der Waals surface area contributed by atoms with E-state index < -0.39 is 0 Å². The Bertz CT molecular complexity index is 898. The lowest BCUT2D eigenvalue weighted by molar-refractivity contribution is -0.123. The first-order chi connectivity index (χ1) is 16.0. The molecule has 1 saturated heterocycles. The van der Waals surface area contributed by atoms with Gasteiger partial charge in [0, 0.05) is 25.7 Å². The number of carbonyl (C=O) groups is 1. The van der Waals surface area contributed by atoms with Crippen molar-refractivity contribution in [2.24, 2.45) is 16.6 Å². The molecule has 2 atom stereocenters. The number of piperidine rings is 1. The summed E-state index contributed by atoms with van der Waals surface area (Å²) in [5.74, 6) is 0.650. The summed E-state index contributed by atoms with van der Waals surface area (Å²) in [6, 6.07) is 19.5. The molecule has 0 aliphatic carbocycles. The number of nitrogens with zero attached hydrogens (tertiary/aromatic N) is 2. The van der Waals surface area contributed by atoms with Crippen LogP contribution in [0, 0.1) is 5.92 Å². The first-order valence-corrected chi connectivity index (χ1v) is 12.2. The number of hydrogen-bond acceptors (Lipinski definition) is 3. The minimum Gasteiger partial charge on any atom is -0.369 e. The molecule has 0 aromatic heterocycles. The Balaban J connectivity index is 1.54. The van der Waals surface area contributed by atoms with E-state index in [9.17, 15) is 4.79 Å². The zero-order chi connectivity index (χ0) is 23.5. The number of aliphatic imine (C=N–C) groups is 1. The molecule has 1 aliphatic heterocycles. The molecule has 0 saturated carbocycles. The molecule has 2 unspecified atom stereocenters. The van der Waals surface area contributed by atoms with Crippen LogP contribution in [-0.2, 0) is 24.3 Å². The van der Waals surface area contributed by atoms with E-state index in [2.05, 4.69) is 84.0 Å². The van der Waals surface area contributed by atoms with Gasteiger partial charge in [-0.2, -0.15) is 0 Å². The molecule has 6 heteroatoms. The monoisotopic (exact) mass is 449 g/mol. The molecule has 0 radical (unpaired) electrons. The van der Waals surface area contributed by atoms with Crippen molar-refractivity contribution in [3.8, 4) is 0 Å². The van der Waals surface area contributed by atoms with Gasteiger partial charge in [0.15, 0.2) is 5.96 Å². The third kappa shape index (κ3) is 8.54. The third-order valence-corrected chi connectivity index (χ3v) is 6.16. The summed E-state index contributed by atoms with van der Waals surface area (Å²) >= 11 is 0. The van der Waals surface area contributed by atoms with E-state index in [0.717, 1.165) is 57.8 Å². The van der Waals surface area contributed by atoms with Crippen molar-refractivity contribution in [2.45, 2.75) is 58.7 Å². The molecule has 4 N–H and O–H groups in total. The average Bonchev–Trinajstić information content (AvgIpc) is 2.82. The fourth-order valence-corrected chi connectivity index (χ4v) is 4.34. The largest absolute Gasteiger partial charge is 0.369 e. The Morgan fingerprint density at radius 1 is 1.15 bits per heavy atom. The number of nitrogens with two attached hydrogens (primary N) is 1. The minimum absolute atomic E-state index is 0.0239. The van der Waals surface area contributed by atoms with Gasteiger partial charge in [-0.05, 0) is 62.8 Å². The van der Waals surface area contributed by atoms with Crippen molar-refractivity contribution in [2.75, 3.05) is 19.6 Å². The van der Waals surface area contributed by atoms with Gasteiger partial charge in [0.1, 0.15) is 0 Å². The molecular formula is C27H39N5O. The first-order valence-electron chi connectivity index (χ1n) is 12.2. The summed E-state index contributed by atoms with van der Waals surface area (Å²) < 4.78 is 0. The van der Waals surface area contributed by atoms with Crippen LogP contribution in [0.2, 0.25) is 0 Å². The van der Waals surface area contributed by atoms with E-state index >= 15 is 0 Å². The number of amides is 1. The second-order valence-electron chi connectivity index (χ2n) is 9.06. The van der Waals surface area contributed by atoms with Gasteiger partial charge >= 0.3 is 0 Å². The second kappa shape index (κ2) is 13.0. The molecule has 6 nitrogen and oxygen atoms in total. The number of carbonyl (C=O) groups excluding carboxylic acids is 1. The molecule has 3 rings (SSSR count). The van der Waals surface area contributed by atoms with Crippen molar-refractivity contribution in [3.63, 3.8) is 0 Å². The number of nitrogens with one attached hydrogen (secondary N) is 2. The molecule has 0 bridgehead atoms. The number of benzene rings is 2. The second-order valence-corrected chi connectivity index (χ2v) is 9.06. The van der Waals surface area contributed by atoms with Crippen LogP contribution in [0.25, 0.3) is 0 Å². The van der Waals surface area contributed by atoms with Crippen molar-refractivity contribution in [1.82, 2.24) is 15.5 Å². The van der Waals surface area contributed by atoms with Crippen LogP contribution in [0.15, 0.2) is 59.6 Å². The van der Waals surface area contributed by atoms with Crippen LogP contribution in [0.1, 0.15) is 49.8 Å². The maximum atomic E-state index is 11.6. The maximum Gasteiger partial charge on any atom is 0.221 e. The number of primary amides is 1. The number of guanidine groups is 1. The lowest BCUT2D eigenvalue weighted by atomic mass is 9.97. The van der Waals surface area contributed by atoms with E-state index in [0.29, 0.717) is 12.6 Å².